The molecule has 3 rings (SSSR count). The van der Waals surface area contributed by atoms with E-state index >= 15 is 0 Å². The molecule has 2 unspecified atom stereocenters. The van der Waals surface area contributed by atoms with Crippen molar-refractivity contribution in [3.05, 3.63) is 60.2 Å². The molecule has 5 N–H and O–H groups in total. The van der Waals surface area contributed by atoms with Crippen LogP contribution in [0.3, 0.4) is 0 Å². The standard InChI is InChI=1S/C16H18N4O/c17-18-16(21)15-10-14(19-20-15)13-8-4-7-12(9-13)11-5-2-1-3-6-11/h1-9,14-15,19-20H,10,17H2,(H,18,21). The molecule has 0 aromatic heterocycles. The molecule has 0 spiro atoms. The molecule has 2 aromatic rings. The number of hydrogen-bond donors (Lipinski definition) is 4. The summed E-state index contributed by atoms with van der Waals surface area (Å²) >= 11 is 0. The summed E-state index contributed by atoms with van der Waals surface area (Å²) < 4.78 is 0. The van der Waals surface area contributed by atoms with Gasteiger partial charge in [-0.1, -0.05) is 48.5 Å². The highest BCUT2D eigenvalue weighted by molar-refractivity contribution is 5.81. The van der Waals surface area contributed by atoms with Gasteiger partial charge in [0.2, 0.25) is 0 Å². The van der Waals surface area contributed by atoms with Gasteiger partial charge in [0.05, 0.1) is 0 Å². The van der Waals surface area contributed by atoms with E-state index in [0.717, 1.165) is 5.56 Å². The van der Waals surface area contributed by atoms with Crippen LogP contribution in [-0.4, -0.2) is 11.9 Å². The van der Waals surface area contributed by atoms with Crippen LogP contribution in [0.5, 0.6) is 0 Å². The summed E-state index contributed by atoms with van der Waals surface area (Å²) in [6.07, 6.45) is 0.668. The number of amides is 1. The molecule has 0 aliphatic carbocycles. The third-order valence-electron chi connectivity index (χ3n) is 3.76. The van der Waals surface area contributed by atoms with Gasteiger partial charge < -0.3 is 0 Å². The topological polar surface area (TPSA) is 79.2 Å². The zero-order valence-corrected chi connectivity index (χ0v) is 11.5. The van der Waals surface area contributed by atoms with Crippen LogP contribution in [0.25, 0.3) is 11.1 Å². The molecule has 1 aliphatic rings. The Morgan fingerprint density at radius 2 is 1.81 bits per heavy atom. The van der Waals surface area contributed by atoms with E-state index in [2.05, 4.69) is 46.6 Å². The van der Waals surface area contributed by atoms with Crippen molar-refractivity contribution in [2.75, 3.05) is 0 Å². The molecule has 108 valence electrons. The van der Waals surface area contributed by atoms with E-state index in [1.807, 2.05) is 24.3 Å². The highest BCUT2D eigenvalue weighted by Gasteiger charge is 2.29. The van der Waals surface area contributed by atoms with Crippen molar-refractivity contribution < 1.29 is 4.79 Å². The van der Waals surface area contributed by atoms with Crippen molar-refractivity contribution in [2.24, 2.45) is 5.84 Å². The van der Waals surface area contributed by atoms with Gasteiger partial charge in [-0.25, -0.2) is 16.7 Å². The molecule has 5 heteroatoms. The normalized spacial score (nSPS) is 21.2. The van der Waals surface area contributed by atoms with E-state index in [4.69, 9.17) is 5.84 Å². The van der Waals surface area contributed by atoms with E-state index < -0.39 is 0 Å². The van der Waals surface area contributed by atoms with Crippen molar-refractivity contribution in [3.8, 4) is 11.1 Å². The van der Waals surface area contributed by atoms with Gasteiger partial charge in [-0.2, -0.15) is 0 Å². The molecule has 0 radical (unpaired) electrons. The summed E-state index contributed by atoms with van der Waals surface area (Å²) in [5.41, 5.74) is 11.8. The Hall–Kier alpha value is -2.21. The van der Waals surface area contributed by atoms with Crippen molar-refractivity contribution in [1.29, 1.82) is 0 Å². The van der Waals surface area contributed by atoms with E-state index in [1.165, 1.54) is 11.1 Å². The smallest absolute Gasteiger partial charge is 0.252 e. The Bertz CT molecular complexity index is 629. The molecule has 0 saturated carbocycles. The maximum Gasteiger partial charge on any atom is 0.252 e. The average Bonchev–Trinajstić information content (AvgIpc) is 3.05. The molecule has 1 heterocycles. The number of carbonyl (C=O) groups excluding carboxylic acids is 1. The molecule has 1 amide bonds. The van der Waals surface area contributed by atoms with Gasteiger partial charge in [0.15, 0.2) is 0 Å². The van der Waals surface area contributed by atoms with Crippen LogP contribution < -0.4 is 22.1 Å². The lowest BCUT2D eigenvalue weighted by Gasteiger charge is -2.11. The predicted octanol–water partition coefficient (Wildman–Crippen LogP) is 1.25. The summed E-state index contributed by atoms with van der Waals surface area (Å²) in [6, 6.07) is 18.4. The Labute approximate surface area is 123 Å². The Balaban J connectivity index is 1.80. The van der Waals surface area contributed by atoms with Gasteiger partial charge in [0, 0.05) is 6.04 Å². The zero-order valence-electron chi connectivity index (χ0n) is 11.5. The first-order chi connectivity index (χ1) is 10.3. The first kappa shape index (κ1) is 13.8. The van der Waals surface area contributed by atoms with E-state index in [-0.39, 0.29) is 18.0 Å². The fourth-order valence-corrected chi connectivity index (χ4v) is 2.61. The summed E-state index contributed by atoms with van der Waals surface area (Å²) in [4.78, 5) is 11.5. The number of rotatable bonds is 3. The number of carbonyl (C=O) groups is 1. The van der Waals surface area contributed by atoms with Crippen LogP contribution in [0, 0.1) is 0 Å². The minimum atomic E-state index is -0.305. The maximum absolute atomic E-state index is 11.5. The van der Waals surface area contributed by atoms with E-state index in [9.17, 15) is 4.79 Å². The molecular formula is C16H18N4O. The first-order valence-corrected chi connectivity index (χ1v) is 6.95. The van der Waals surface area contributed by atoms with Crippen LogP contribution in [0.2, 0.25) is 0 Å². The quantitative estimate of drug-likeness (QED) is 0.388. The lowest BCUT2D eigenvalue weighted by Crippen LogP contribution is -2.45. The fraction of sp³-hybridized carbons (Fsp3) is 0.188. The Morgan fingerprint density at radius 1 is 1.05 bits per heavy atom. The van der Waals surface area contributed by atoms with Crippen LogP contribution in [0.1, 0.15) is 18.0 Å². The molecule has 2 aromatic carbocycles. The largest absolute Gasteiger partial charge is 0.293 e. The van der Waals surface area contributed by atoms with Gasteiger partial charge in [0.1, 0.15) is 6.04 Å². The number of benzene rings is 2. The molecule has 5 nitrogen and oxygen atoms in total. The molecule has 1 aliphatic heterocycles. The Kier molecular flexibility index (Phi) is 3.96. The minimum Gasteiger partial charge on any atom is -0.293 e. The second kappa shape index (κ2) is 6.05. The van der Waals surface area contributed by atoms with E-state index in [1.54, 1.807) is 0 Å². The lowest BCUT2D eigenvalue weighted by atomic mass is 9.97. The molecule has 1 saturated heterocycles. The summed E-state index contributed by atoms with van der Waals surface area (Å²) in [5, 5.41) is 0. The number of nitrogens with one attached hydrogen (secondary N) is 3. The molecule has 1 fully saturated rings. The number of nitrogens with two attached hydrogens (primary N) is 1. The predicted molar refractivity (Wildman–Crippen MR) is 81.6 cm³/mol. The van der Waals surface area contributed by atoms with Gasteiger partial charge in [-0.3, -0.25) is 10.2 Å². The lowest BCUT2D eigenvalue weighted by molar-refractivity contribution is -0.122. The molecule has 0 bridgehead atoms. The van der Waals surface area contributed by atoms with Crippen molar-refractivity contribution in [3.63, 3.8) is 0 Å². The van der Waals surface area contributed by atoms with Crippen LogP contribution >= 0.6 is 0 Å². The van der Waals surface area contributed by atoms with Crippen molar-refractivity contribution in [2.45, 2.75) is 18.5 Å². The molecule has 21 heavy (non-hydrogen) atoms. The monoisotopic (exact) mass is 282 g/mol. The number of hydrazine groups is 2. The second-order valence-electron chi connectivity index (χ2n) is 5.13. The van der Waals surface area contributed by atoms with Crippen LogP contribution in [0.15, 0.2) is 54.6 Å². The maximum atomic E-state index is 11.5. The van der Waals surface area contributed by atoms with E-state index in [0.29, 0.717) is 6.42 Å². The summed E-state index contributed by atoms with van der Waals surface area (Å²) in [7, 11) is 0. The minimum absolute atomic E-state index is 0.0935. The van der Waals surface area contributed by atoms with Gasteiger partial charge >= 0.3 is 0 Å². The Morgan fingerprint density at radius 3 is 2.57 bits per heavy atom. The first-order valence-electron chi connectivity index (χ1n) is 6.95. The zero-order chi connectivity index (χ0) is 14.7. The second-order valence-corrected chi connectivity index (χ2v) is 5.13. The molecule has 2 atom stereocenters. The SMILES string of the molecule is NNC(=O)C1CC(c2cccc(-c3ccccc3)c2)NN1. The molecular weight excluding hydrogens is 264 g/mol. The van der Waals surface area contributed by atoms with Gasteiger partial charge in [-0.15, -0.1) is 0 Å². The highest BCUT2D eigenvalue weighted by atomic mass is 16.2. The van der Waals surface area contributed by atoms with Crippen molar-refractivity contribution >= 4 is 5.91 Å². The van der Waals surface area contributed by atoms with Gasteiger partial charge in [-0.05, 0) is 29.2 Å². The summed E-state index contributed by atoms with van der Waals surface area (Å²) in [5.74, 6) is 4.96. The summed E-state index contributed by atoms with van der Waals surface area (Å²) in [6.45, 7) is 0. The van der Waals surface area contributed by atoms with Gasteiger partial charge in [0.25, 0.3) is 5.91 Å². The fourth-order valence-electron chi connectivity index (χ4n) is 2.61. The third-order valence-corrected chi connectivity index (χ3v) is 3.76. The average molecular weight is 282 g/mol. The van der Waals surface area contributed by atoms with Crippen molar-refractivity contribution in [1.82, 2.24) is 16.3 Å². The van der Waals surface area contributed by atoms with Crippen LogP contribution in [-0.2, 0) is 4.79 Å². The number of hydrogen-bond acceptors (Lipinski definition) is 4. The third kappa shape index (κ3) is 2.95. The highest BCUT2D eigenvalue weighted by Crippen LogP contribution is 2.27. The van der Waals surface area contributed by atoms with Crippen LogP contribution in [0.4, 0.5) is 0 Å².